The van der Waals surface area contributed by atoms with Gasteiger partial charge >= 0.3 is 5.97 Å². The van der Waals surface area contributed by atoms with Crippen LogP contribution < -0.4 is 4.74 Å². The molecule has 2 aromatic heterocycles. The van der Waals surface area contributed by atoms with E-state index in [-0.39, 0.29) is 18.2 Å². The van der Waals surface area contributed by atoms with Crippen molar-refractivity contribution in [2.24, 2.45) is 5.92 Å². The minimum atomic E-state index is -0.338. The maximum absolute atomic E-state index is 12.2. The van der Waals surface area contributed by atoms with Gasteiger partial charge in [-0.2, -0.15) is 4.98 Å². The standard InChI is InChI=1S/C31H33ClN4O4/c1-38-31(37)22-6-11-26-27(18-22)36(19-25-13-15-39-25)29(34-26)17-21-4-9-24(10-5-21)40-30-12-14-33-28(35-30)16-20-2-7-23(32)8-3-20/h2-3,6-8,11-12,14,18,21,24-25H,4-5,9-10,13,15-17,19H2,1H3/t21?,24?,25-/m0/s1. The van der Waals surface area contributed by atoms with Gasteiger partial charge in [0.15, 0.2) is 0 Å². The van der Waals surface area contributed by atoms with E-state index in [9.17, 15) is 4.79 Å². The Balaban J connectivity index is 1.09. The second kappa shape index (κ2) is 11.9. The Labute approximate surface area is 238 Å². The van der Waals surface area contributed by atoms with Crippen molar-refractivity contribution in [2.75, 3.05) is 13.7 Å². The van der Waals surface area contributed by atoms with Gasteiger partial charge in [-0.05, 0) is 73.9 Å². The van der Waals surface area contributed by atoms with Gasteiger partial charge in [0.1, 0.15) is 17.8 Å². The van der Waals surface area contributed by atoms with Crippen LogP contribution in [0.15, 0.2) is 54.7 Å². The number of fused-ring (bicyclic) bond motifs is 1. The van der Waals surface area contributed by atoms with Crippen molar-refractivity contribution in [1.82, 2.24) is 19.5 Å². The summed E-state index contributed by atoms with van der Waals surface area (Å²) >= 11 is 6.00. The van der Waals surface area contributed by atoms with Crippen molar-refractivity contribution >= 4 is 28.6 Å². The number of carbonyl (C=O) groups is 1. The Bertz CT molecular complexity index is 1480. The lowest BCUT2D eigenvalue weighted by Crippen LogP contribution is -2.32. The number of ether oxygens (including phenoxy) is 3. The number of nitrogens with zero attached hydrogens (tertiary/aromatic N) is 4. The van der Waals surface area contributed by atoms with Crippen LogP contribution in [0.3, 0.4) is 0 Å². The highest BCUT2D eigenvalue weighted by atomic mass is 35.5. The molecule has 8 nitrogen and oxygen atoms in total. The fourth-order valence-corrected chi connectivity index (χ4v) is 5.73. The molecule has 0 unspecified atom stereocenters. The van der Waals surface area contributed by atoms with Gasteiger partial charge in [-0.1, -0.05) is 23.7 Å². The number of hydrogen-bond donors (Lipinski definition) is 0. The van der Waals surface area contributed by atoms with Crippen LogP contribution in [0.5, 0.6) is 5.88 Å². The number of aromatic nitrogens is 4. The van der Waals surface area contributed by atoms with Crippen LogP contribution in [0.2, 0.25) is 5.02 Å². The molecular formula is C31H33ClN4O4. The third-order valence-electron chi connectivity index (χ3n) is 7.94. The van der Waals surface area contributed by atoms with E-state index in [1.54, 1.807) is 12.3 Å². The quantitative estimate of drug-likeness (QED) is 0.238. The molecule has 1 aliphatic carbocycles. The van der Waals surface area contributed by atoms with Gasteiger partial charge in [-0.15, -0.1) is 0 Å². The molecule has 1 atom stereocenters. The molecule has 0 radical (unpaired) electrons. The Hall–Kier alpha value is -3.49. The molecule has 6 rings (SSSR count). The first-order valence-electron chi connectivity index (χ1n) is 14.0. The van der Waals surface area contributed by atoms with E-state index in [1.165, 1.54) is 7.11 Å². The second-order valence-corrected chi connectivity index (χ2v) is 11.1. The minimum absolute atomic E-state index is 0.138. The Morgan fingerprint density at radius 3 is 2.58 bits per heavy atom. The lowest BCUT2D eigenvalue weighted by molar-refractivity contribution is -0.0590. The van der Waals surface area contributed by atoms with Gasteiger partial charge in [-0.25, -0.2) is 14.8 Å². The van der Waals surface area contributed by atoms with Crippen molar-refractivity contribution < 1.29 is 19.0 Å². The largest absolute Gasteiger partial charge is 0.474 e. The fraction of sp³-hybridized carbons (Fsp3) is 0.419. The predicted molar refractivity (Wildman–Crippen MR) is 152 cm³/mol. The molecule has 1 saturated carbocycles. The zero-order chi connectivity index (χ0) is 27.5. The molecule has 0 N–H and O–H groups in total. The van der Waals surface area contributed by atoms with Crippen LogP contribution in [-0.4, -0.2) is 51.4 Å². The number of hydrogen-bond acceptors (Lipinski definition) is 7. The summed E-state index contributed by atoms with van der Waals surface area (Å²) in [6.45, 7) is 1.56. The lowest BCUT2D eigenvalue weighted by atomic mass is 9.85. The monoisotopic (exact) mass is 560 g/mol. The fourth-order valence-electron chi connectivity index (χ4n) is 5.61. The predicted octanol–water partition coefficient (Wildman–Crippen LogP) is 5.83. The molecule has 1 aliphatic heterocycles. The summed E-state index contributed by atoms with van der Waals surface area (Å²) in [5, 5.41) is 0.717. The normalized spacial score (nSPS) is 20.7. The summed E-state index contributed by atoms with van der Waals surface area (Å²) in [5.74, 6) is 2.60. The van der Waals surface area contributed by atoms with Crippen LogP contribution in [0, 0.1) is 5.92 Å². The van der Waals surface area contributed by atoms with Crippen LogP contribution >= 0.6 is 11.6 Å². The van der Waals surface area contributed by atoms with Crippen molar-refractivity contribution in [3.8, 4) is 5.88 Å². The van der Waals surface area contributed by atoms with Crippen molar-refractivity contribution in [1.29, 1.82) is 0 Å². The molecule has 2 aromatic carbocycles. The first-order chi connectivity index (χ1) is 19.5. The summed E-state index contributed by atoms with van der Waals surface area (Å²) in [6.07, 6.45) is 8.73. The first kappa shape index (κ1) is 26.7. The number of halogens is 1. The highest BCUT2D eigenvalue weighted by Gasteiger charge is 2.27. The van der Waals surface area contributed by atoms with Crippen LogP contribution in [0.25, 0.3) is 11.0 Å². The Morgan fingerprint density at radius 2 is 1.85 bits per heavy atom. The second-order valence-electron chi connectivity index (χ2n) is 10.7. The average Bonchev–Trinajstić information content (AvgIpc) is 3.28. The van der Waals surface area contributed by atoms with Gasteiger partial charge in [0, 0.05) is 36.7 Å². The van der Waals surface area contributed by atoms with Crippen LogP contribution in [0.1, 0.15) is 59.7 Å². The molecule has 4 aromatic rings. The SMILES string of the molecule is COC(=O)c1ccc2nc(CC3CCC(Oc4ccnc(Cc5ccc(Cl)cc5)n4)CC3)n(C[C@@H]3CCO3)c2c1. The average molecular weight is 561 g/mol. The molecule has 9 heteroatoms. The third kappa shape index (κ3) is 6.13. The molecule has 1 saturated heterocycles. The molecular weight excluding hydrogens is 528 g/mol. The van der Waals surface area contributed by atoms with E-state index in [0.29, 0.717) is 23.8 Å². The molecule has 0 bridgehead atoms. The number of benzene rings is 2. The van der Waals surface area contributed by atoms with Crippen molar-refractivity contribution in [3.63, 3.8) is 0 Å². The Kier molecular flexibility index (Phi) is 7.98. The number of carbonyl (C=O) groups excluding carboxylic acids is 1. The van der Waals surface area contributed by atoms with Gasteiger partial charge in [0.05, 0.1) is 36.4 Å². The molecule has 2 fully saturated rings. The lowest BCUT2D eigenvalue weighted by Gasteiger charge is -2.30. The maximum Gasteiger partial charge on any atom is 0.337 e. The van der Waals surface area contributed by atoms with Crippen LogP contribution in [0.4, 0.5) is 0 Å². The molecule has 2 aliphatic rings. The molecule has 0 spiro atoms. The summed E-state index contributed by atoms with van der Waals surface area (Å²) in [6, 6.07) is 15.2. The van der Waals surface area contributed by atoms with Crippen LogP contribution in [-0.2, 0) is 28.9 Å². The number of esters is 1. The molecule has 40 heavy (non-hydrogen) atoms. The van der Waals surface area contributed by atoms with Gasteiger partial charge < -0.3 is 18.8 Å². The third-order valence-corrected chi connectivity index (χ3v) is 8.19. The summed E-state index contributed by atoms with van der Waals surface area (Å²) in [7, 11) is 1.41. The smallest absolute Gasteiger partial charge is 0.337 e. The highest BCUT2D eigenvalue weighted by molar-refractivity contribution is 6.30. The number of imidazole rings is 1. The zero-order valence-corrected chi connectivity index (χ0v) is 23.3. The maximum atomic E-state index is 12.2. The summed E-state index contributed by atoms with van der Waals surface area (Å²) < 4.78 is 19.2. The molecule has 0 amide bonds. The summed E-state index contributed by atoms with van der Waals surface area (Å²) in [5.41, 5.74) is 3.51. The number of rotatable bonds is 9. The molecule has 208 valence electrons. The minimum Gasteiger partial charge on any atom is -0.474 e. The highest BCUT2D eigenvalue weighted by Crippen LogP contribution is 2.31. The summed E-state index contributed by atoms with van der Waals surface area (Å²) in [4.78, 5) is 26.2. The van der Waals surface area contributed by atoms with E-state index in [1.807, 2.05) is 42.5 Å². The first-order valence-corrected chi connectivity index (χ1v) is 14.3. The van der Waals surface area contributed by atoms with E-state index in [2.05, 4.69) is 14.5 Å². The Morgan fingerprint density at radius 1 is 1.05 bits per heavy atom. The number of methoxy groups -OCH3 is 1. The van der Waals surface area contributed by atoms with E-state index in [0.717, 1.165) is 84.9 Å². The van der Waals surface area contributed by atoms with E-state index >= 15 is 0 Å². The van der Waals surface area contributed by atoms with Gasteiger partial charge in [0.25, 0.3) is 0 Å². The zero-order valence-electron chi connectivity index (χ0n) is 22.6. The van der Waals surface area contributed by atoms with E-state index < -0.39 is 0 Å². The van der Waals surface area contributed by atoms with Gasteiger partial charge in [0.2, 0.25) is 5.88 Å². The molecule has 3 heterocycles. The van der Waals surface area contributed by atoms with Crippen molar-refractivity contribution in [2.45, 2.75) is 63.7 Å². The topological polar surface area (TPSA) is 88.4 Å². The van der Waals surface area contributed by atoms with Crippen molar-refractivity contribution in [3.05, 3.63) is 82.5 Å². The van der Waals surface area contributed by atoms with Gasteiger partial charge in [-0.3, -0.25) is 0 Å². The van der Waals surface area contributed by atoms with E-state index in [4.69, 9.17) is 30.8 Å².